The second kappa shape index (κ2) is 6.99. The number of hydrogen-bond acceptors (Lipinski definition) is 6. The summed E-state index contributed by atoms with van der Waals surface area (Å²) >= 11 is 0. The maximum absolute atomic E-state index is 12.6. The van der Waals surface area contributed by atoms with Crippen LogP contribution in [0, 0.1) is 23.2 Å². The number of carbonyl (C=O) groups excluding carboxylic acids is 1. The fourth-order valence-electron chi connectivity index (χ4n) is 6.56. The molecule has 6 heteroatoms. The van der Waals surface area contributed by atoms with Gasteiger partial charge in [0.2, 0.25) is 0 Å². The number of esters is 1. The molecule has 2 aliphatic carbocycles. The molecule has 0 aromatic heterocycles. The third-order valence-electron chi connectivity index (χ3n) is 8.10. The molecule has 2 unspecified atom stereocenters. The highest BCUT2D eigenvalue weighted by molar-refractivity contribution is 5.77. The Labute approximate surface area is 167 Å². The molecule has 2 heterocycles. The maximum atomic E-state index is 12.6. The Hall–Kier alpha value is -1.11. The summed E-state index contributed by atoms with van der Waals surface area (Å²) in [5.41, 5.74) is -1.26. The zero-order valence-electron chi connectivity index (χ0n) is 17.7. The summed E-state index contributed by atoms with van der Waals surface area (Å²) in [6.07, 6.45) is 3.78. The van der Waals surface area contributed by atoms with Crippen LogP contribution in [0.5, 0.6) is 0 Å². The fraction of sp³-hybridized carbons (Fsp3) is 0.864. The van der Waals surface area contributed by atoms with E-state index in [4.69, 9.17) is 18.9 Å². The van der Waals surface area contributed by atoms with E-state index in [2.05, 4.69) is 13.8 Å². The Morgan fingerprint density at radius 1 is 1.18 bits per heavy atom. The van der Waals surface area contributed by atoms with Crippen molar-refractivity contribution in [3.8, 4) is 0 Å². The number of aliphatic hydroxyl groups is 1. The lowest BCUT2D eigenvalue weighted by atomic mass is 9.45. The van der Waals surface area contributed by atoms with E-state index in [1.165, 1.54) is 0 Å². The van der Waals surface area contributed by atoms with Crippen LogP contribution >= 0.6 is 0 Å². The predicted molar refractivity (Wildman–Crippen MR) is 102 cm³/mol. The molecule has 4 rings (SSSR count). The van der Waals surface area contributed by atoms with Gasteiger partial charge < -0.3 is 24.1 Å². The third-order valence-corrected chi connectivity index (χ3v) is 8.10. The number of ether oxygens (including phenoxy) is 4. The Balaban J connectivity index is 1.85. The van der Waals surface area contributed by atoms with Crippen molar-refractivity contribution in [1.29, 1.82) is 0 Å². The molecule has 0 amide bonds. The Morgan fingerprint density at radius 2 is 1.93 bits per heavy atom. The molecule has 158 valence electrons. The number of carbonyl (C=O) groups is 1. The smallest absolute Gasteiger partial charge is 0.312 e. The van der Waals surface area contributed by atoms with E-state index in [0.717, 1.165) is 32.1 Å². The first kappa shape index (κ1) is 20.2. The molecular weight excluding hydrogens is 360 g/mol. The predicted octanol–water partition coefficient (Wildman–Crippen LogP) is 3.18. The first-order valence-corrected chi connectivity index (χ1v) is 10.7. The highest BCUT2D eigenvalue weighted by Crippen LogP contribution is 2.64. The van der Waals surface area contributed by atoms with E-state index in [1.807, 2.05) is 6.92 Å². The summed E-state index contributed by atoms with van der Waals surface area (Å²) in [5, 5.41) is 12.1. The molecule has 6 nitrogen and oxygen atoms in total. The summed E-state index contributed by atoms with van der Waals surface area (Å²) in [4.78, 5) is 12.6. The van der Waals surface area contributed by atoms with Crippen molar-refractivity contribution in [3.05, 3.63) is 11.3 Å². The average Bonchev–Trinajstić information content (AvgIpc) is 2.68. The Morgan fingerprint density at radius 3 is 2.57 bits per heavy atom. The minimum atomic E-state index is -1.31. The Bertz CT molecular complexity index is 668. The zero-order chi connectivity index (χ0) is 20.3. The average molecular weight is 395 g/mol. The van der Waals surface area contributed by atoms with E-state index in [-0.39, 0.29) is 30.4 Å². The molecule has 28 heavy (non-hydrogen) atoms. The van der Waals surface area contributed by atoms with E-state index in [1.54, 1.807) is 14.0 Å². The van der Waals surface area contributed by atoms with Gasteiger partial charge in [0.05, 0.1) is 13.0 Å². The highest BCUT2D eigenvalue weighted by Gasteiger charge is 2.72. The lowest BCUT2D eigenvalue weighted by Gasteiger charge is -2.65. The third kappa shape index (κ3) is 2.53. The van der Waals surface area contributed by atoms with Crippen LogP contribution in [-0.2, 0) is 23.7 Å². The van der Waals surface area contributed by atoms with Gasteiger partial charge in [0.15, 0.2) is 6.29 Å². The quantitative estimate of drug-likeness (QED) is 0.741. The van der Waals surface area contributed by atoms with Gasteiger partial charge in [-0.25, -0.2) is 0 Å². The summed E-state index contributed by atoms with van der Waals surface area (Å²) in [5.74, 6) is -0.0746. The van der Waals surface area contributed by atoms with Gasteiger partial charge >= 0.3 is 5.97 Å². The van der Waals surface area contributed by atoms with Gasteiger partial charge in [0, 0.05) is 23.5 Å². The topological polar surface area (TPSA) is 74.2 Å². The lowest BCUT2D eigenvalue weighted by Crippen LogP contribution is -2.73. The zero-order valence-corrected chi connectivity index (χ0v) is 17.7. The fourth-order valence-corrected chi connectivity index (χ4v) is 6.56. The van der Waals surface area contributed by atoms with E-state index >= 15 is 0 Å². The van der Waals surface area contributed by atoms with Crippen molar-refractivity contribution in [2.24, 2.45) is 23.2 Å². The molecule has 0 spiro atoms. The number of rotatable bonds is 3. The van der Waals surface area contributed by atoms with Crippen LogP contribution in [0.15, 0.2) is 11.3 Å². The molecule has 2 aliphatic heterocycles. The summed E-state index contributed by atoms with van der Waals surface area (Å²) in [6.45, 7) is 8.64. The van der Waals surface area contributed by atoms with Gasteiger partial charge in [-0.1, -0.05) is 13.8 Å². The van der Waals surface area contributed by atoms with Crippen LogP contribution in [-0.4, -0.2) is 48.9 Å². The van der Waals surface area contributed by atoms with Crippen LogP contribution in [0.25, 0.3) is 0 Å². The van der Waals surface area contributed by atoms with Crippen LogP contribution < -0.4 is 0 Å². The van der Waals surface area contributed by atoms with Gasteiger partial charge in [-0.3, -0.25) is 4.79 Å². The number of hydrogen-bond donors (Lipinski definition) is 1. The summed E-state index contributed by atoms with van der Waals surface area (Å²) in [7, 11) is 1.62. The van der Waals surface area contributed by atoms with Crippen molar-refractivity contribution in [1.82, 2.24) is 0 Å². The summed E-state index contributed by atoms with van der Waals surface area (Å²) in [6, 6.07) is 0. The van der Waals surface area contributed by atoms with Crippen molar-refractivity contribution < 1.29 is 28.8 Å². The van der Waals surface area contributed by atoms with Crippen molar-refractivity contribution in [2.45, 2.75) is 83.9 Å². The van der Waals surface area contributed by atoms with Crippen LogP contribution in [0.1, 0.15) is 59.8 Å². The van der Waals surface area contributed by atoms with E-state index < -0.39 is 16.9 Å². The van der Waals surface area contributed by atoms with Crippen LogP contribution in [0.3, 0.4) is 0 Å². The molecule has 4 aliphatic rings. The minimum absolute atomic E-state index is 0.0315. The molecule has 0 bridgehead atoms. The molecule has 0 radical (unpaired) electrons. The normalized spacial score (nSPS) is 48.7. The first-order chi connectivity index (χ1) is 13.3. The van der Waals surface area contributed by atoms with E-state index in [9.17, 15) is 9.90 Å². The maximum Gasteiger partial charge on any atom is 0.312 e. The first-order valence-electron chi connectivity index (χ1n) is 10.7. The van der Waals surface area contributed by atoms with Gasteiger partial charge in [0.25, 0.3) is 0 Å². The molecular formula is C22H34O6. The molecule has 1 saturated carbocycles. The van der Waals surface area contributed by atoms with Crippen molar-refractivity contribution in [3.63, 3.8) is 0 Å². The van der Waals surface area contributed by atoms with Gasteiger partial charge in [0.1, 0.15) is 23.6 Å². The molecule has 3 fully saturated rings. The van der Waals surface area contributed by atoms with Crippen LogP contribution in [0.4, 0.5) is 0 Å². The Kier molecular flexibility index (Phi) is 5.04. The SMILES string of the molecule is COC1=C(C)[C@@]2(O)C(C)C(=O)O[C@H]3CC[C@@H](C)[C@H]([C@@H]1OC1CCCCO1)[C@]32C. The van der Waals surface area contributed by atoms with E-state index in [0.29, 0.717) is 23.9 Å². The van der Waals surface area contributed by atoms with Gasteiger partial charge in [-0.05, 0) is 51.9 Å². The number of methoxy groups -OCH3 is 1. The highest BCUT2D eigenvalue weighted by atomic mass is 16.7. The molecule has 1 N–H and O–H groups in total. The largest absolute Gasteiger partial charge is 0.498 e. The standard InChI is InChI=1S/C22H34O6/c1-12-9-10-15-21(4)17(12)19(28-16-8-6-7-11-26-16)18(25-5)13(2)22(21,24)14(3)20(23)27-15/h12,14-17,19,24H,6-11H2,1-5H3/t12-,14?,15+,16?,17-,19+,21+,22-/m1/s1. The minimum Gasteiger partial charge on any atom is -0.498 e. The van der Waals surface area contributed by atoms with Gasteiger partial charge in [-0.15, -0.1) is 0 Å². The molecule has 8 atom stereocenters. The second-order valence-electron chi connectivity index (χ2n) is 9.32. The van der Waals surface area contributed by atoms with Gasteiger partial charge in [-0.2, -0.15) is 0 Å². The molecule has 0 aromatic carbocycles. The van der Waals surface area contributed by atoms with Crippen molar-refractivity contribution in [2.75, 3.05) is 13.7 Å². The molecule has 2 saturated heterocycles. The monoisotopic (exact) mass is 394 g/mol. The summed E-state index contributed by atoms with van der Waals surface area (Å²) < 4.78 is 24.1. The van der Waals surface area contributed by atoms with Crippen LogP contribution in [0.2, 0.25) is 0 Å². The molecule has 0 aromatic rings. The second-order valence-corrected chi connectivity index (χ2v) is 9.32. The lowest BCUT2D eigenvalue weighted by molar-refractivity contribution is -0.286. The van der Waals surface area contributed by atoms with Crippen molar-refractivity contribution >= 4 is 5.97 Å².